The molecule has 0 bridgehead atoms. The molecule has 19 heteroatoms. The maximum absolute atomic E-state index is 13.1. The van der Waals surface area contributed by atoms with Crippen LogP contribution in [0.4, 0.5) is 0 Å². The number of carbonyl (C=O) groups is 4. The second-order valence-corrected chi connectivity index (χ2v) is 31.0. The van der Waals surface area contributed by atoms with Gasteiger partial charge in [-0.1, -0.05) is 343 Å². The molecule has 0 saturated heterocycles. The summed E-state index contributed by atoms with van der Waals surface area (Å²) in [6.07, 6.45) is 55.3. The Hall–Kier alpha value is -1.94. The van der Waals surface area contributed by atoms with E-state index in [1.165, 1.54) is 212 Å². The molecule has 6 atom stereocenters. The van der Waals surface area contributed by atoms with E-state index in [0.29, 0.717) is 25.7 Å². The molecule has 0 saturated carbocycles. The largest absolute Gasteiger partial charge is 0.472 e. The van der Waals surface area contributed by atoms with E-state index in [-0.39, 0.29) is 25.7 Å². The highest BCUT2D eigenvalue weighted by Gasteiger charge is 2.30. The van der Waals surface area contributed by atoms with Crippen molar-refractivity contribution in [2.24, 2.45) is 11.8 Å². The van der Waals surface area contributed by atoms with Gasteiger partial charge in [0.25, 0.3) is 0 Å². The van der Waals surface area contributed by atoms with Crippen molar-refractivity contribution in [2.45, 2.75) is 413 Å². The van der Waals surface area contributed by atoms with Crippen LogP contribution in [0, 0.1) is 11.8 Å². The molecule has 17 nitrogen and oxygen atoms in total. The van der Waals surface area contributed by atoms with E-state index < -0.39 is 97.5 Å². The number of rotatable bonds is 75. The van der Waals surface area contributed by atoms with Gasteiger partial charge in [-0.15, -0.1) is 0 Å². The van der Waals surface area contributed by atoms with Crippen molar-refractivity contribution < 1.29 is 80.2 Å². The number of unbranched alkanes of at least 4 members (excludes halogenated alkanes) is 44. The lowest BCUT2D eigenvalue weighted by Gasteiger charge is -2.21. The molecular weight excluding hydrogens is 1250 g/mol. The number of aliphatic hydroxyl groups is 1. The Morgan fingerprint density at radius 3 is 0.800 bits per heavy atom. The van der Waals surface area contributed by atoms with Gasteiger partial charge < -0.3 is 33.8 Å². The van der Waals surface area contributed by atoms with Crippen molar-refractivity contribution >= 4 is 39.5 Å². The minimum absolute atomic E-state index is 0.107. The molecule has 0 aliphatic heterocycles. The third kappa shape index (κ3) is 69.0. The van der Waals surface area contributed by atoms with Gasteiger partial charge in [0.15, 0.2) is 12.2 Å². The summed E-state index contributed by atoms with van der Waals surface area (Å²) in [4.78, 5) is 72.9. The maximum atomic E-state index is 13.1. The van der Waals surface area contributed by atoms with E-state index >= 15 is 0 Å². The van der Waals surface area contributed by atoms with Gasteiger partial charge in [0.2, 0.25) is 0 Å². The summed E-state index contributed by atoms with van der Waals surface area (Å²) in [7, 11) is -9.91. The highest BCUT2D eigenvalue weighted by molar-refractivity contribution is 7.47. The minimum Gasteiger partial charge on any atom is -0.462 e. The number of esters is 4. The van der Waals surface area contributed by atoms with Crippen molar-refractivity contribution in [2.75, 3.05) is 39.6 Å². The molecule has 0 radical (unpaired) electrons. The lowest BCUT2D eigenvalue weighted by atomic mass is 9.99. The second-order valence-electron chi connectivity index (χ2n) is 28.1. The lowest BCUT2D eigenvalue weighted by molar-refractivity contribution is -0.161. The molecule has 0 aromatic heterocycles. The zero-order valence-corrected chi connectivity index (χ0v) is 63.8. The van der Waals surface area contributed by atoms with E-state index in [4.69, 9.17) is 37.0 Å². The highest BCUT2D eigenvalue weighted by Crippen LogP contribution is 2.45. The van der Waals surface area contributed by atoms with Crippen LogP contribution >= 0.6 is 15.6 Å². The van der Waals surface area contributed by atoms with Gasteiger partial charge in [-0.2, -0.15) is 0 Å². The van der Waals surface area contributed by atoms with Gasteiger partial charge in [-0.3, -0.25) is 37.3 Å². The molecule has 0 spiro atoms. The van der Waals surface area contributed by atoms with E-state index in [9.17, 15) is 43.2 Å². The van der Waals surface area contributed by atoms with Crippen LogP contribution < -0.4 is 0 Å². The average molecular weight is 1400 g/mol. The zero-order chi connectivity index (χ0) is 70.0. The molecule has 0 heterocycles. The number of aliphatic hydroxyl groups excluding tert-OH is 1. The molecule has 0 fully saturated rings. The highest BCUT2D eigenvalue weighted by atomic mass is 31.2. The predicted molar refractivity (Wildman–Crippen MR) is 386 cm³/mol. The molecule has 95 heavy (non-hydrogen) atoms. The topological polar surface area (TPSA) is 237 Å². The Kier molecular flexibility index (Phi) is 66.5. The fourth-order valence-electron chi connectivity index (χ4n) is 11.6. The third-order valence-corrected chi connectivity index (χ3v) is 20.0. The molecule has 0 amide bonds. The molecule has 0 aromatic carbocycles. The van der Waals surface area contributed by atoms with Crippen LogP contribution in [0.15, 0.2) is 0 Å². The van der Waals surface area contributed by atoms with Gasteiger partial charge >= 0.3 is 39.5 Å². The van der Waals surface area contributed by atoms with Crippen LogP contribution in [0.2, 0.25) is 0 Å². The first-order valence-electron chi connectivity index (χ1n) is 39.5. The summed E-state index contributed by atoms with van der Waals surface area (Å²) in [5.41, 5.74) is 0. The van der Waals surface area contributed by atoms with Crippen LogP contribution in [0.5, 0.6) is 0 Å². The fourth-order valence-corrected chi connectivity index (χ4v) is 13.2. The summed E-state index contributed by atoms with van der Waals surface area (Å²) in [6.45, 7) is 9.61. The van der Waals surface area contributed by atoms with E-state index in [0.717, 1.165) is 102 Å². The first-order valence-corrected chi connectivity index (χ1v) is 42.5. The third-order valence-electron chi connectivity index (χ3n) is 18.1. The normalized spacial score (nSPS) is 14.3. The van der Waals surface area contributed by atoms with Crippen LogP contribution in [-0.2, 0) is 65.4 Å². The molecule has 564 valence electrons. The maximum Gasteiger partial charge on any atom is 0.472 e. The summed E-state index contributed by atoms with van der Waals surface area (Å²) >= 11 is 0. The second kappa shape index (κ2) is 67.9. The molecule has 0 aliphatic rings. The van der Waals surface area contributed by atoms with Gasteiger partial charge in [0.05, 0.1) is 26.4 Å². The van der Waals surface area contributed by atoms with Gasteiger partial charge in [-0.05, 0) is 37.5 Å². The number of hydrogen-bond acceptors (Lipinski definition) is 15. The fraction of sp³-hybridized carbons (Fsp3) is 0.947. The average Bonchev–Trinajstić information content (AvgIpc) is 3.24. The van der Waals surface area contributed by atoms with Crippen molar-refractivity contribution in [3.05, 3.63) is 0 Å². The Balaban J connectivity index is 5.27. The lowest BCUT2D eigenvalue weighted by Crippen LogP contribution is -2.30. The minimum atomic E-state index is -4.96. The molecular formula is C76H148O17P2. The number of phosphoric acid groups is 2. The van der Waals surface area contributed by atoms with Crippen LogP contribution in [0.1, 0.15) is 395 Å². The standard InChI is InChI=1S/C76H148O17P2/c1-7-10-12-14-16-18-20-22-23-24-26-30-35-43-49-55-61-76(81)92-71(64-86-73(78)58-52-46-40-33-31-27-28-32-38-44-50-56-68(4)5)66-90-94(82,83)88-62-70(77)63-89-95(84,85)91-67-72(65-87-74(79)59-53-47-41-37-36-39-45-51-57-69(6)9-3)93-75(80)60-54-48-42-34-29-25-21-19-17-15-13-11-8-2/h68-72,77H,7-67H2,1-6H3,(H,82,83)(H,84,85)/t69?,70-,71-,72-/m1/s1. The molecule has 3 N–H and O–H groups in total. The monoisotopic (exact) mass is 1400 g/mol. The van der Waals surface area contributed by atoms with Gasteiger partial charge in [-0.25, -0.2) is 9.13 Å². The molecule has 0 aliphatic carbocycles. The van der Waals surface area contributed by atoms with E-state index in [1.54, 1.807) is 0 Å². The van der Waals surface area contributed by atoms with Crippen LogP contribution in [0.25, 0.3) is 0 Å². The van der Waals surface area contributed by atoms with E-state index in [1.807, 2.05) is 0 Å². The molecule has 3 unspecified atom stereocenters. The molecule has 0 rings (SSSR count). The quantitative estimate of drug-likeness (QED) is 0.0222. The Morgan fingerprint density at radius 2 is 0.537 bits per heavy atom. The SMILES string of the molecule is CCCCCCCCCCCCCCCCCCC(=O)O[C@H](COC(=O)CCCCCCCCCCCCCC(C)C)COP(=O)(O)OC[C@@H](O)COP(=O)(O)OC[C@@H](COC(=O)CCCCCCCCCCC(C)CC)OC(=O)CCCCCCCCCCCCCCC. The van der Waals surface area contributed by atoms with Crippen molar-refractivity contribution in [3.8, 4) is 0 Å². The van der Waals surface area contributed by atoms with Crippen molar-refractivity contribution in [3.63, 3.8) is 0 Å². The van der Waals surface area contributed by atoms with Crippen molar-refractivity contribution in [1.82, 2.24) is 0 Å². The van der Waals surface area contributed by atoms with Gasteiger partial charge in [0.1, 0.15) is 19.3 Å². The van der Waals surface area contributed by atoms with Gasteiger partial charge in [0, 0.05) is 25.7 Å². The summed E-state index contributed by atoms with van der Waals surface area (Å²) in [5, 5.41) is 10.6. The van der Waals surface area contributed by atoms with E-state index in [2.05, 4.69) is 41.5 Å². The number of ether oxygens (including phenoxy) is 4. The summed E-state index contributed by atoms with van der Waals surface area (Å²) in [5.74, 6) is -0.564. The first kappa shape index (κ1) is 93.1. The van der Waals surface area contributed by atoms with Crippen LogP contribution in [0.3, 0.4) is 0 Å². The predicted octanol–water partition coefficient (Wildman–Crippen LogP) is 22.3. The number of carbonyl (C=O) groups excluding carboxylic acids is 4. The summed E-state index contributed by atoms with van der Waals surface area (Å²) < 4.78 is 68.6. The number of hydrogen-bond donors (Lipinski definition) is 3. The molecule has 0 aromatic rings. The van der Waals surface area contributed by atoms with Crippen molar-refractivity contribution in [1.29, 1.82) is 0 Å². The smallest absolute Gasteiger partial charge is 0.462 e. The first-order chi connectivity index (χ1) is 45.9. The van der Waals surface area contributed by atoms with Crippen LogP contribution in [-0.4, -0.2) is 96.7 Å². The Morgan fingerprint density at radius 1 is 0.305 bits per heavy atom. The Bertz CT molecular complexity index is 1840. The zero-order valence-electron chi connectivity index (χ0n) is 62.0. The Labute approximate surface area is 581 Å². The summed E-state index contributed by atoms with van der Waals surface area (Å²) in [6, 6.07) is 0. The number of phosphoric ester groups is 2.